The van der Waals surface area contributed by atoms with E-state index in [9.17, 15) is 4.79 Å². The zero-order chi connectivity index (χ0) is 11.1. The van der Waals surface area contributed by atoms with E-state index < -0.39 is 0 Å². The van der Waals surface area contributed by atoms with Crippen molar-refractivity contribution in [2.75, 3.05) is 6.54 Å². The summed E-state index contributed by atoms with van der Waals surface area (Å²) in [5.41, 5.74) is 2.28. The molecule has 0 radical (unpaired) electrons. The number of rotatable bonds is 1. The number of amides is 1. The third-order valence-electron chi connectivity index (χ3n) is 3.28. The van der Waals surface area contributed by atoms with Gasteiger partial charge in [-0.05, 0) is 30.9 Å². The number of hydrogen-bond acceptors (Lipinski definition) is 3. The summed E-state index contributed by atoms with van der Waals surface area (Å²) in [4.78, 5) is 19.1. The van der Waals surface area contributed by atoms with Crippen molar-refractivity contribution in [2.45, 2.75) is 30.7 Å². The summed E-state index contributed by atoms with van der Waals surface area (Å²) in [5, 5.41) is 0. The average Bonchev–Trinajstić information content (AvgIpc) is 3.11. The largest absolute Gasteiger partial charge is 0.336 e. The molecule has 16 heavy (non-hydrogen) atoms. The number of pyridine rings is 1. The number of nitrogens with zero attached hydrogens (tertiary/aromatic N) is 2. The number of fused-ring (bicyclic) bond motifs is 1. The van der Waals surface area contributed by atoms with Crippen LogP contribution in [-0.4, -0.2) is 22.3 Å². The van der Waals surface area contributed by atoms with Crippen LogP contribution in [-0.2, 0) is 17.8 Å². The minimum atomic E-state index is 0.311. The minimum Gasteiger partial charge on any atom is -0.336 e. The molecule has 0 saturated heterocycles. The number of carbonyl (C=O) groups is 1. The fourth-order valence-electron chi connectivity index (χ4n) is 2.18. The van der Waals surface area contributed by atoms with E-state index in [2.05, 4.69) is 23.7 Å². The summed E-state index contributed by atoms with van der Waals surface area (Å²) in [7, 11) is 0. The quantitative estimate of drug-likeness (QED) is 0.750. The van der Waals surface area contributed by atoms with Crippen molar-refractivity contribution in [3.05, 3.63) is 23.5 Å². The Kier molecular flexibility index (Phi) is 2.39. The Balaban J connectivity index is 1.80. The molecule has 1 fully saturated rings. The molecule has 1 aromatic rings. The predicted octanol–water partition coefficient (Wildman–Crippen LogP) is 1.67. The number of carbonyl (C=O) groups excluding carboxylic acids is 1. The van der Waals surface area contributed by atoms with Gasteiger partial charge in [0, 0.05) is 23.6 Å². The third-order valence-corrected chi connectivity index (χ3v) is 3.52. The van der Waals surface area contributed by atoms with Crippen molar-refractivity contribution < 1.29 is 4.79 Å². The Hall–Kier alpha value is -1.03. The molecule has 2 aliphatic rings. The Bertz CT molecular complexity index is 443. The van der Waals surface area contributed by atoms with Crippen molar-refractivity contribution >= 4 is 18.5 Å². The molecule has 1 saturated carbocycles. The lowest BCUT2D eigenvalue weighted by Gasteiger charge is -2.28. The molecule has 0 aromatic carbocycles. The molecule has 0 bridgehead atoms. The monoisotopic (exact) mass is 234 g/mol. The average molecular weight is 234 g/mol. The summed E-state index contributed by atoms with van der Waals surface area (Å²) >= 11 is 4.28. The van der Waals surface area contributed by atoms with Gasteiger partial charge < -0.3 is 4.90 Å². The zero-order valence-corrected chi connectivity index (χ0v) is 9.91. The first-order chi connectivity index (χ1) is 7.74. The van der Waals surface area contributed by atoms with Gasteiger partial charge in [0.05, 0.1) is 12.2 Å². The molecule has 84 valence electrons. The van der Waals surface area contributed by atoms with Crippen molar-refractivity contribution in [2.24, 2.45) is 5.92 Å². The van der Waals surface area contributed by atoms with Gasteiger partial charge in [-0.15, -0.1) is 12.6 Å². The first kappa shape index (κ1) is 10.1. The third kappa shape index (κ3) is 1.82. The maximum Gasteiger partial charge on any atom is 0.226 e. The standard InChI is InChI=1S/C12H14N2OS/c15-12(8-1-2-8)14-4-3-9-5-10(16)6-13-11(9)7-14/h5-6,8,16H,1-4,7H2. The van der Waals surface area contributed by atoms with Crippen LogP contribution in [0.5, 0.6) is 0 Å². The highest BCUT2D eigenvalue weighted by atomic mass is 32.1. The highest BCUT2D eigenvalue weighted by molar-refractivity contribution is 7.80. The number of aromatic nitrogens is 1. The fraction of sp³-hybridized carbons (Fsp3) is 0.500. The zero-order valence-electron chi connectivity index (χ0n) is 9.02. The normalized spacial score (nSPS) is 19.4. The second kappa shape index (κ2) is 3.77. The van der Waals surface area contributed by atoms with Gasteiger partial charge in [-0.1, -0.05) is 0 Å². The van der Waals surface area contributed by atoms with Crippen LogP contribution in [0.2, 0.25) is 0 Å². The van der Waals surface area contributed by atoms with Crippen molar-refractivity contribution in [3.8, 4) is 0 Å². The Labute approximate surface area is 100 Å². The summed E-state index contributed by atoms with van der Waals surface area (Å²) < 4.78 is 0. The van der Waals surface area contributed by atoms with Crippen molar-refractivity contribution in [1.82, 2.24) is 9.88 Å². The molecule has 4 heteroatoms. The number of hydrogen-bond donors (Lipinski definition) is 1. The smallest absolute Gasteiger partial charge is 0.226 e. The molecule has 3 nitrogen and oxygen atoms in total. The molecule has 0 spiro atoms. The van der Waals surface area contributed by atoms with E-state index in [0.29, 0.717) is 18.4 Å². The highest BCUT2D eigenvalue weighted by Crippen LogP contribution is 2.32. The van der Waals surface area contributed by atoms with E-state index in [1.807, 2.05) is 4.90 Å². The first-order valence-corrected chi connectivity index (χ1v) is 6.14. The Morgan fingerprint density at radius 2 is 2.31 bits per heavy atom. The summed E-state index contributed by atoms with van der Waals surface area (Å²) in [6, 6.07) is 2.06. The molecule has 1 aliphatic carbocycles. The molecule has 0 N–H and O–H groups in total. The van der Waals surface area contributed by atoms with E-state index in [1.165, 1.54) is 5.56 Å². The topological polar surface area (TPSA) is 33.2 Å². The fourth-order valence-corrected chi connectivity index (χ4v) is 2.39. The van der Waals surface area contributed by atoms with Crippen LogP contribution in [0.25, 0.3) is 0 Å². The molecule has 1 aromatic heterocycles. The van der Waals surface area contributed by atoms with E-state index in [1.54, 1.807) is 6.20 Å². The van der Waals surface area contributed by atoms with Gasteiger partial charge >= 0.3 is 0 Å². The van der Waals surface area contributed by atoms with Gasteiger partial charge in [-0.25, -0.2) is 0 Å². The summed E-state index contributed by atoms with van der Waals surface area (Å²) in [5.74, 6) is 0.633. The van der Waals surface area contributed by atoms with E-state index in [-0.39, 0.29) is 0 Å². The van der Waals surface area contributed by atoms with Crippen molar-refractivity contribution in [3.63, 3.8) is 0 Å². The van der Waals surface area contributed by atoms with Crippen LogP contribution in [0.1, 0.15) is 24.1 Å². The number of thiol groups is 1. The van der Waals surface area contributed by atoms with Crippen LogP contribution in [0, 0.1) is 5.92 Å². The minimum absolute atomic E-state index is 0.311. The molecule has 1 aliphatic heterocycles. The summed E-state index contributed by atoms with van der Waals surface area (Å²) in [6.45, 7) is 1.51. The van der Waals surface area contributed by atoms with Crippen LogP contribution >= 0.6 is 12.6 Å². The molecule has 0 atom stereocenters. The van der Waals surface area contributed by atoms with Gasteiger partial charge in [-0.2, -0.15) is 0 Å². The molecule has 1 amide bonds. The Morgan fingerprint density at radius 3 is 3.06 bits per heavy atom. The first-order valence-electron chi connectivity index (χ1n) is 5.69. The van der Waals surface area contributed by atoms with Crippen LogP contribution in [0.4, 0.5) is 0 Å². The van der Waals surface area contributed by atoms with E-state index >= 15 is 0 Å². The van der Waals surface area contributed by atoms with E-state index in [4.69, 9.17) is 0 Å². The van der Waals surface area contributed by atoms with E-state index in [0.717, 1.165) is 36.4 Å². The maximum absolute atomic E-state index is 11.9. The lowest BCUT2D eigenvalue weighted by molar-refractivity contribution is -0.133. The van der Waals surface area contributed by atoms with Gasteiger partial charge in [-0.3, -0.25) is 9.78 Å². The predicted molar refractivity (Wildman–Crippen MR) is 63.3 cm³/mol. The van der Waals surface area contributed by atoms with Gasteiger partial charge in [0.25, 0.3) is 0 Å². The SMILES string of the molecule is O=C(C1CC1)N1CCc2cc(S)cnc2C1. The molecular formula is C12H14N2OS. The second-order valence-electron chi connectivity index (χ2n) is 4.58. The maximum atomic E-state index is 11.9. The molecule has 3 rings (SSSR count). The van der Waals surface area contributed by atoms with Crippen molar-refractivity contribution in [1.29, 1.82) is 0 Å². The highest BCUT2D eigenvalue weighted by Gasteiger charge is 2.34. The Morgan fingerprint density at radius 1 is 1.50 bits per heavy atom. The van der Waals surface area contributed by atoms with Crippen LogP contribution in [0.3, 0.4) is 0 Å². The summed E-state index contributed by atoms with van der Waals surface area (Å²) in [6.07, 6.45) is 4.82. The molecular weight excluding hydrogens is 220 g/mol. The van der Waals surface area contributed by atoms with Crippen LogP contribution in [0.15, 0.2) is 17.2 Å². The second-order valence-corrected chi connectivity index (χ2v) is 5.10. The lowest BCUT2D eigenvalue weighted by Crippen LogP contribution is -2.37. The van der Waals surface area contributed by atoms with Gasteiger partial charge in [0.1, 0.15) is 0 Å². The lowest BCUT2D eigenvalue weighted by atomic mass is 10.0. The van der Waals surface area contributed by atoms with Gasteiger partial charge in [0.15, 0.2) is 0 Å². The molecule has 0 unspecified atom stereocenters. The van der Waals surface area contributed by atoms with Crippen LogP contribution < -0.4 is 0 Å². The van der Waals surface area contributed by atoms with Gasteiger partial charge in [0.2, 0.25) is 5.91 Å². The molecule has 2 heterocycles.